The molecule has 1 fully saturated rings. The summed E-state index contributed by atoms with van der Waals surface area (Å²) in [4.78, 5) is 11.3. The van der Waals surface area contributed by atoms with Crippen molar-refractivity contribution in [1.82, 2.24) is 0 Å². The van der Waals surface area contributed by atoms with Crippen molar-refractivity contribution in [2.45, 2.75) is 39.7 Å². The van der Waals surface area contributed by atoms with E-state index in [1.807, 2.05) is 19.1 Å². The highest BCUT2D eigenvalue weighted by Gasteiger charge is 2.31. The zero-order chi connectivity index (χ0) is 13.3. The predicted octanol–water partition coefficient (Wildman–Crippen LogP) is 2.94. The van der Waals surface area contributed by atoms with E-state index in [0.717, 1.165) is 23.1 Å². The summed E-state index contributed by atoms with van der Waals surface area (Å²) in [5.74, 6) is 1.24. The molecule has 3 nitrogen and oxygen atoms in total. The Morgan fingerprint density at radius 1 is 1.39 bits per heavy atom. The van der Waals surface area contributed by atoms with Crippen molar-refractivity contribution in [1.29, 1.82) is 0 Å². The maximum absolute atomic E-state index is 11.3. The third kappa shape index (κ3) is 2.50. The summed E-state index contributed by atoms with van der Waals surface area (Å²) in [6.07, 6.45) is 2.44. The van der Waals surface area contributed by atoms with Gasteiger partial charge in [0.25, 0.3) is 0 Å². The highest BCUT2D eigenvalue weighted by atomic mass is 16.1. The van der Waals surface area contributed by atoms with Gasteiger partial charge in [-0.2, -0.15) is 0 Å². The Morgan fingerprint density at radius 3 is 2.61 bits per heavy atom. The van der Waals surface area contributed by atoms with Gasteiger partial charge in [0.05, 0.1) is 0 Å². The van der Waals surface area contributed by atoms with Gasteiger partial charge in [0.1, 0.15) is 0 Å². The summed E-state index contributed by atoms with van der Waals surface area (Å²) >= 11 is 0. The molecule has 0 aliphatic heterocycles. The van der Waals surface area contributed by atoms with Crippen molar-refractivity contribution in [3.8, 4) is 0 Å². The Bertz CT molecular complexity index is 448. The SMILES string of the molecule is Cc1c(NC2CC(C(C)C)C2)cccc1C(N)=O. The maximum atomic E-state index is 11.3. The van der Waals surface area contributed by atoms with E-state index in [9.17, 15) is 4.79 Å². The van der Waals surface area contributed by atoms with Crippen LogP contribution in [-0.2, 0) is 0 Å². The van der Waals surface area contributed by atoms with Crippen LogP contribution >= 0.6 is 0 Å². The average Bonchev–Trinajstić information content (AvgIpc) is 2.23. The molecule has 1 amide bonds. The summed E-state index contributed by atoms with van der Waals surface area (Å²) in [6, 6.07) is 6.22. The van der Waals surface area contributed by atoms with Crippen molar-refractivity contribution in [2.75, 3.05) is 5.32 Å². The standard InChI is InChI=1S/C15H22N2O/c1-9(2)11-7-12(8-11)17-14-6-4-5-13(10(14)3)15(16)18/h4-6,9,11-12,17H,7-8H2,1-3H3,(H2,16,18). The molecule has 1 aromatic carbocycles. The molecule has 1 aliphatic carbocycles. The van der Waals surface area contributed by atoms with Crippen molar-refractivity contribution >= 4 is 11.6 Å². The molecule has 3 N–H and O–H groups in total. The van der Waals surface area contributed by atoms with Gasteiger partial charge in [-0.15, -0.1) is 0 Å². The number of hydrogen-bond acceptors (Lipinski definition) is 2. The van der Waals surface area contributed by atoms with Gasteiger partial charge >= 0.3 is 0 Å². The minimum absolute atomic E-state index is 0.357. The van der Waals surface area contributed by atoms with Crippen LogP contribution in [-0.4, -0.2) is 11.9 Å². The second kappa shape index (κ2) is 5.01. The van der Waals surface area contributed by atoms with Gasteiger partial charge in [-0.25, -0.2) is 0 Å². The second-order valence-corrected chi connectivity index (χ2v) is 5.66. The number of benzene rings is 1. The summed E-state index contributed by atoms with van der Waals surface area (Å²) in [5.41, 5.74) is 7.96. The largest absolute Gasteiger partial charge is 0.382 e. The van der Waals surface area contributed by atoms with Gasteiger partial charge in [0.2, 0.25) is 5.91 Å². The Labute approximate surface area is 109 Å². The number of anilines is 1. The molecule has 0 radical (unpaired) electrons. The lowest BCUT2D eigenvalue weighted by Gasteiger charge is -2.39. The van der Waals surface area contributed by atoms with Crippen LogP contribution in [0.5, 0.6) is 0 Å². The fraction of sp³-hybridized carbons (Fsp3) is 0.533. The van der Waals surface area contributed by atoms with Crippen LogP contribution in [0.4, 0.5) is 5.69 Å². The van der Waals surface area contributed by atoms with Crippen molar-refractivity contribution < 1.29 is 4.79 Å². The molecule has 3 heteroatoms. The first-order valence-electron chi connectivity index (χ1n) is 6.65. The van der Waals surface area contributed by atoms with E-state index in [-0.39, 0.29) is 5.91 Å². The molecule has 2 rings (SSSR count). The number of hydrogen-bond donors (Lipinski definition) is 2. The molecule has 0 saturated heterocycles. The van der Waals surface area contributed by atoms with Gasteiger partial charge in [-0.05, 0) is 49.3 Å². The zero-order valence-corrected chi connectivity index (χ0v) is 11.4. The Balaban J connectivity index is 2.03. The van der Waals surface area contributed by atoms with E-state index in [0.29, 0.717) is 11.6 Å². The number of carbonyl (C=O) groups excluding carboxylic acids is 1. The Kier molecular flexibility index (Phi) is 3.60. The van der Waals surface area contributed by atoms with Crippen LogP contribution < -0.4 is 11.1 Å². The van der Waals surface area contributed by atoms with Crippen molar-refractivity contribution in [2.24, 2.45) is 17.6 Å². The van der Waals surface area contributed by atoms with E-state index < -0.39 is 0 Å². The monoisotopic (exact) mass is 246 g/mol. The number of nitrogens with one attached hydrogen (secondary N) is 1. The van der Waals surface area contributed by atoms with Crippen LogP contribution in [0.2, 0.25) is 0 Å². The maximum Gasteiger partial charge on any atom is 0.249 e. The first kappa shape index (κ1) is 12.9. The van der Waals surface area contributed by atoms with Gasteiger partial charge in [0.15, 0.2) is 0 Å². The molecule has 0 spiro atoms. The average molecular weight is 246 g/mol. The normalized spacial score (nSPS) is 22.7. The zero-order valence-electron chi connectivity index (χ0n) is 11.4. The summed E-state index contributed by atoms with van der Waals surface area (Å²) < 4.78 is 0. The van der Waals surface area contributed by atoms with Gasteiger partial charge in [-0.1, -0.05) is 19.9 Å². The molecular weight excluding hydrogens is 224 g/mol. The number of amides is 1. The predicted molar refractivity (Wildman–Crippen MR) is 74.7 cm³/mol. The first-order valence-corrected chi connectivity index (χ1v) is 6.65. The topological polar surface area (TPSA) is 55.1 Å². The van der Waals surface area contributed by atoms with E-state index >= 15 is 0 Å². The van der Waals surface area contributed by atoms with E-state index in [1.54, 1.807) is 6.07 Å². The molecule has 0 heterocycles. The highest BCUT2D eigenvalue weighted by Crippen LogP contribution is 2.36. The van der Waals surface area contributed by atoms with Crippen LogP contribution in [0.1, 0.15) is 42.6 Å². The van der Waals surface area contributed by atoms with E-state index in [1.165, 1.54) is 12.8 Å². The minimum Gasteiger partial charge on any atom is -0.382 e. The van der Waals surface area contributed by atoms with Crippen LogP contribution in [0.3, 0.4) is 0 Å². The fourth-order valence-corrected chi connectivity index (χ4v) is 2.60. The summed E-state index contributed by atoms with van der Waals surface area (Å²) in [7, 11) is 0. The first-order chi connectivity index (χ1) is 8.49. The number of nitrogens with two attached hydrogens (primary N) is 1. The van der Waals surface area contributed by atoms with Crippen LogP contribution in [0.15, 0.2) is 18.2 Å². The molecule has 0 unspecified atom stereocenters. The molecule has 18 heavy (non-hydrogen) atoms. The summed E-state index contributed by atoms with van der Waals surface area (Å²) in [6.45, 7) is 6.50. The third-order valence-electron chi connectivity index (χ3n) is 4.08. The molecule has 0 aromatic heterocycles. The number of rotatable bonds is 4. The molecule has 0 atom stereocenters. The smallest absolute Gasteiger partial charge is 0.249 e. The molecule has 0 bridgehead atoms. The van der Waals surface area contributed by atoms with Crippen molar-refractivity contribution in [3.05, 3.63) is 29.3 Å². The lowest BCUT2D eigenvalue weighted by atomic mass is 9.73. The van der Waals surface area contributed by atoms with Crippen LogP contribution in [0.25, 0.3) is 0 Å². The molecule has 1 aliphatic rings. The lowest BCUT2D eigenvalue weighted by molar-refractivity contribution is 0.0999. The van der Waals surface area contributed by atoms with Gasteiger partial charge in [-0.3, -0.25) is 4.79 Å². The molecule has 98 valence electrons. The second-order valence-electron chi connectivity index (χ2n) is 5.66. The van der Waals surface area contributed by atoms with Crippen molar-refractivity contribution in [3.63, 3.8) is 0 Å². The Hall–Kier alpha value is -1.51. The molecule has 1 saturated carbocycles. The lowest BCUT2D eigenvalue weighted by Crippen LogP contribution is -2.38. The fourth-order valence-electron chi connectivity index (χ4n) is 2.60. The van der Waals surface area contributed by atoms with Crippen LogP contribution in [0, 0.1) is 18.8 Å². The summed E-state index contributed by atoms with van der Waals surface area (Å²) in [5, 5.41) is 3.52. The van der Waals surface area contributed by atoms with E-state index in [4.69, 9.17) is 5.73 Å². The highest BCUT2D eigenvalue weighted by molar-refractivity contribution is 5.95. The Morgan fingerprint density at radius 2 is 2.06 bits per heavy atom. The van der Waals surface area contributed by atoms with E-state index in [2.05, 4.69) is 19.2 Å². The third-order valence-corrected chi connectivity index (χ3v) is 4.08. The number of primary amides is 1. The number of carbonyl (C=O) groups is 1. The molecule has 1 aromatic rings. The quantitative estimate of drug-likeness (QED) is 0.858. The van der Waals surface area contributed by atoms with Gasteiger partial charge in [0, 0.05) is 17.3 Å². The van der Waals surface area contributed by atoms with Gasteiger partial charge < -0.3 is 11.1 Å². The minimum atomic E-state index is -0.357. The molecular formula is C15H22N2O.